The summed E-state index contributed by atoms with van der Waals surface area (Å²) in [6.45, 7) is 0.169. The van der Waals surface area contributed by atoms with Gasteiger partial charge in [0.1, 0.15) is 23.9 Å². The lowest BCUT2D eigenvalue weighted by molar-refractivity contribution is 0.135. The number of alkyl halides is 2. The van der Waals surface area contributed by atoms with Gasteiger partial charge in [-0.15, -0.1) is 10.2 Å². The van der Waals surface area contributed by atoms with E-state index in [-0.39, 0.29) is 11.8 Å². The molecule has 0 saturated carbocycles. The summed E-state index contributed by atoms with van der Waals surface area (Å²) in [4.78, 5) is 0. The number of thioether (sulfide) groups is 1. The highest BCUT2D eigenvalue weighted by Crippen LogP contribution is 2.24. The Kier molecular flexibility index (Phi) is 5.89. The molecular weight excluding hydrogens is 386 g/mol. The first-order chi connectivity index (χ1) is 12.6. The number of furan rings is 1. The zero-order chi connectivity index (χ0) is 18.5. The predicted octanol–water partition coefficient (Wildman–Crippen LogP) is 4.65. The van der Waals surface area contributed by atoms with Gasteiger partial charge in [-0.1, -0.05) is 35.5 Å². The largest absolute Gasteiger partial charge is 0.484 e. The van der Waals surface area contributed by atoms with E-state index < -0.39 is 12.2 Å². The van der Waals surface area contributed by atoms with Gasteiger partial charge in [0.05, 0.1) is 11.2 Å². The molecule has 0 fully saturated rings. The van der Waals surface area contributed by atoms with Crippen molar-refractivity contribution in [2.24, 2.45) is 5.10 Å². The summed E-state index contributed by atoms with van der Waals surface area (Å²) in [5.74, 6) is 0.925. The molecule has 0 aliphatic rings. The second-order valence-corrected chi connectivity index (χ2v) is 6.11. The van der Waals surface area contributed by atoms with Crippen molar-refractivity contribution in [1.82, 2.24) is 14.9 Å². The van der Waals surface area contributed by atoms with Crippen molar-refractivity contribution in [1.29, 1.82) is 0 Å². The number of nitrogens with zero attached hydrogens (tertiary/aromatic N) is 4. The van der Waals surface area contributed by atoms with E-state index in [2.05, 4.69) is 15.3 Å². The van der Waals surface area contributed by atoms with E-state index in [0.717, 1.165) is 16.4 Å². The predicted molar refractivity (Wildman–Crippen MR) is 94.2 cm³/mol. The fourth-order valence-corrected chi connectivity index (χ4v) is 2.64. The first-order valence-electron chi connectivity index (χ1n) is 7.36. The van der Waals surface area contributed by atoms with Crippen LogP contribution in [0.15, 0.2) is 51.1 Å². The highest BCUT2D eigenvalue weighted by molar-refractivity contribution is 7.98. The third-order valence-corrected chi connectivity index (χ3v) is 4.14. The van der Waals surface area contributed by atoms with Crippen molar-refractivity contribution in [3.63, 3.8) is 0 Å². The molecule has 2 heterocycles. The maximum atomic E-state index is 12.9. The Morgan fingerprint density at radius 3 is 2.85 bits per heavy atom. The van der Waals surface area contributed by atoms with E-state index in [1.807, 2.05) is 6.07 Å². The number of ether oxygens (including phenoxy) is 1. The van der Waals surface area contributed by atoms with Gasteiger partial charge < -0.3 is 9.15 Å². The smallest absolute Gasteiger partial charge is 0.299 e. The summed E-state index contributed by atoms with van der Waals surface area (Å²) >= 11 is 7.18. The molecule has 0 amide bonds. The minimum atomic E-state index is -2.78. The summed E-state index contributed by atoms with van der Waals surface area (Å²) in [5.41, 5.74) is 0. The molecule has 0 radical (unpaired) electrons. The Hall–Kier alpha value is -2.39. The molecule has 0 atom stereocenters. The fourth-order valence-electron chi connectivity index (χ4n) is 2.02. The van der Waals surface area contributed by atoms with Crippen molar-refractivity contribution < 1.29 is 17.9 Å². The van der Waals surface area contributed by atoms with Crippen LogP contribution >= 0.6 is 23.4 Å². The van der Waals surface area contributed by atoms with E-state index in [4.69, 9.17) is 20.8 Å². The molecule has 10 heteroatoms. The highest BCUT2D eigenvalue weighted by Gasteiger charge is 2.19. The first kappa shape index (κ1) is 18.4. The van der Waals surface area contributed by atoms with E-state index >= 15 is 0 Å². The average Bonchev–Trinajstić information content (AvgIpc) is 3.25. The number of hydrogen-bond donors (Lipinski definition) is 0. The molecule has 2 aromatic heterocycles. The lowest BCUT2D eigenvalue weighted by Crippen LogP contribution is -2.00. The van der Waals surface area contributed by atoms with Crippen molar-refractivity contribution in [3.8, 4) is 5.75 Å². The quantitative estimate of drug-likeness (QED) is 0.428. The molecule has 0 bridgehead atoms. The van der Waals surface area contributed by atoms with Crippen LogP contribution in [-0.2, 0) is 6.61 Å². The normalized spacial score (nSPS) is 11.6. The first-order valence-corrected chi connectivity index (χ1v) is 8.96. The van der Waals surface area contributed by atoms with Gasteiger partial charge in [-0.2, -0.15) is 9.78 Å². The van der Waals surface area contributed by atoms with Crippen LogP contribution in [0, 0.1) is 0 Å². The van der Waals surface area contributed by atoms with Crippen molar-refractivity contribution in [2.75, 3.05) is 6.26 Å². The Labute approximate surface area is 156 Å². The summed E-state index contributed by atoms with van der Waals surface area (Å²) in [6, 6.07) is 10.4. The van der Waals surface area contributed by atoms with E-state index in [1.165, 1.54) is 6.21 Å². The van der Waals surface area contributed by atoms with Gasteiger partial charge in [0.25, 0.3) is 6.43 Å². The molecule has 0 saturated heterocycles. The molecule has 0 spiro atoms. The van der Waals surface area contributed by atoms with Crippen LogP contribution in [-0.4, -0.2) is 27.3 Å². The van der Waals surface area contributed by atoms with Crippen LogP contribution in [0.5, 0.6) is 5.75 Å². The molecular formula is C16H13ClF2N4O2S. The summed E-state index contributed by atoms with van der Waals surface area (Å²) in [5, 5.41) is 11.8. The third kappa shape index (κ3) is 4.23. The number of halogens is 3. The molecule has 136 valence electrons. The topological polar surface area (TPSA) is 65.4 Å². The Morgan fingerprint density at radius 1 is 1.31 bits per heavy atom. The average molecular weight is 399 g/mol. The number of aromatic nitrogens is 3. The molecule has 3 aromatic rings. The van der Waals surface area contributed by atoms with Crippen LogP contribution in [0.25, 0.3) is 0 Å². The zero-order valence-corrected chi connectivity index (χ0v) is 15.0. The van der Waals surface area contributed by atoms with Gasteiger partial charge in [0.15, 0.2) is 0 Å². The van der Waals surface area contributed by atoms with Gasteiger partial charge in [-0.05, 0) is 30.5 Å². The van der Waals surface area contributed by atoms with Crippen molar-refractivity contribution in [3.05, 3.63) is 58.8 Å². The maximum absolute atomic E-state index is 12.9. The molecule has 26 heavy (non-hydrogen) atoms. The summed E-state index contributed by atoms with van der Waals surface area (Å²) in [7, 11) is 0. The lowest BCUT2D eigenvalue weighted by atomic mass is 10.3. The minimum Gasteiger partial charge on any atom is -0.484 e. The van der Waals surface area contributed by atoms with Crippen LogP contribution in [0.3, 0.4) is 0 Å². The van der Waals surface area contributed by atoms with Crippen molar-refractivity contribution in [2.45, 2.75) is 18.2 Å². The second kappa shape index (κ2) is 8.33. The fraction of sp³-hybridized carbons (Fsp3) is 0.188. The van der Waals surface area contributed by atoms with Gasteiger partial charge in [0, 0.05) is 0 Å². The Morgan fingerprint density at radius 2 is 2.12 bits per heavy atom. The lowest BCUT2D eigenvalue weighted by Gasteiger charge is -2.05. The van der Waals surface area contributed by atoms with E-state index in [9.17, 15) is 8.78 Å². The number of para-hydroxylation sites is 1. The highest BCUT2D eigenvalue weighted by atomic mass is 35.5. The van der Waals surface area contributed by atoms with E-state index in [0.29, 0.717) is 22.3 Å². The number of hydrogen-bond acceptors (Lipinski definition) is 6. The summed E-state index contributed by atoms with van der Waals surface area (Å²) < 4.78 is 38.0. The molecule has 0 aliphatic heterocycles. The van der Waals surface area contributed by atoms with Gasteiger partial charge in [-0.3, -0.25) is 0 Å². The number of benzene rings is 1. The molecule has 3 rings (SSSR count). The standard InChI is InChI=1S/C16H13ClF2N4O2S/c1-26-16-22-21-15(14(18)19)23(16)20-8-10-6-7-11(25-10)9-24-13-5-3-2-4-12(13)17/h2-8,14H,9H2,1H3. The van der Waals surface area contributed by atoms with Crippen LogP contribution in [0.1, 0.15) is 23.8 Å². The SMILES string of the molecule is CSc1nnc(C(F)F)n1N=Cc1ccc(COc2ccccc2Cl)o1. The maximum Gasteiger partial charge on any atom is 0.299 e. The second-order valence-electron chi connectivity index (χ2n) is 4.93. The van der Waals surface area contributed by atoms with Crippen LogP contribution in [0.4, 0.5) is 8.78 Å². The minimum absolute atomic E-state index is 0.169. The molecule has 1 aromatic carbocycles. The van der Waals surface area contributed by atoms with Crippen LogP contribution < -0.4 is 4.74 Å². The van der Waals surface area contributed by atoms with E-state index in [1.54, 1.807) is 36.6 Å². The molecule has 0 N–H and O–H groups in total. The van der Waals surface area contributed by atoms with Gasteiger partial charge in [-0.25, -0.2) is 8.78 Å². The Balaban J connectivity index is 1.70. The summed E-state index contributed by atoms with van der Waals surface area (Å²) in [6.07, 6.45) is 0.229. The van der Waals surface area contributed by atoms with Gasteiger partial charge >= 0.3 is 0 Å². The molecule has 6 nitrogen and oxygen atoms in total. The third-order valence-electron chi connectivity index (χ3n) is 3.20. The number of rotatable bonds is 7. The monoisotopic (exact) mass is 398 g/mol. The zero-order valence-electron chi connectivity index (χ0n) is 13.5. The molecule has 0 aliphatic carbocycles. The van der Waals surface area contributed by atoms with Crippen molar-refractivity contribution >= 4 is 29.6 Å². The molecule has 0 unspecified atom stereocenters. The Bertz CT molecular complexity index is 913. The van der Waals surface area contributed by atoms with Gasteiger partial charge in [0.2, 0.25) is 11.0 Å². The van der Waals surface area contributed by atoms with Crippen LogP contribution in [0.2, 0.25) is 5.02 Å².